The molecule has 0 saturated heterocycles. The largest absolute Gasteiger partial charge is 0.288 e. The molecule has 2 aromatic rings. The van der Waals surface area contributed by atoms with Crippen molar-refractivity contribution in [3.63, 3.8) is 0 Å². The summed E-state index contributed by atoms with van der Waals surface area (Å²) in [6.07, 6.45) is 0. The molecule has 0 fully saturated rings. The van der Waals surface area contributed by atoms with E-state index in [1.807, 2.05) is 19.9 Å². The fraction of sp³-hybridized carbons (Fsp3) is 0.143. The van der Waals surface area contributed by atoms with Gasteiger partial charge in [0.05, 0.1) is 5.02 Å². The van der Waals surface area contributed by atoms with E-state index < -0.39 is 0 Å². The number of carbonyl (C=O) groups excluding carboxylic acids is 1. The van der Waals surface area contributed by atoms with Crippen molar-refractivity contribution in [2.24, 2.45) is 0 Å². The van der Waals surface area contributed by atoms with E-state index in [0.29, 0.717) is 16.1 Å². The Morgan fingerprint density at radius 1 is 1.06 bits per heavy atom. The Balaban J connectivity index is 2.48. The van der Waals surface area contributed by atoms with Crippen LogP contribution >= 0.6 is 11.6 Å². The summed E-state index contributed by atoms with van der Waals surface area (Å²) in [6.45, 7) is 3.73. The average molecular weight is 246 g/mol. The Morgan fingerprint density at radius 2 is 1.76 bits per heavy atom. The Labute approximate surface area is 105 Å². The molecule has 0 atom stereocenters. The normalized spacial score (nSPS) is 10.3. The maximum Gasteiger partial charge on any atom is 0.196 e. The van der Waals surface area contributed by atoms with Gasteiger partial charge in [0.2, 0.25) is 0 Å². The first-order chi connectivity index (χ1) is 8.09. The zero-order chi connectivity index (χ0) is 12.4. The number of aryl methyl sites for hydroxylation is 2. The lowest BCUT2D eigenvalue weighted by Crippen LogP contribution is -2.06. The van der Waals surface area contributed by atoms with Crippen molar-refractivity contribution in [2.45, 2.75) is 13.8 Å². The summed E-state index contributed by atoms with van der Waals surface area (Å²) in [5, 5.41) is 0.470. The second-order valence-corrected chi connectivity index (χ2v) is 4.30. The van der Waals surface area contributed by atoms with Crippen molar-refractivity contribution in [1.29, 1.82) is 0 Å². The van der Waals surface area contributed by atoms with Gasteiger partial charge < -0.3 is 0 Å². The topological polar surface area (TPSA) is 30.0 Å². The number of nitrogens with zero attached hydrogens (tertiary/aromatic N) is 1. The Morgan fingerprint density at radius 3 is 2.41 bits per heavy atom. The zero-order valence-corrected chi connectivity index (χ0v) is 10.5. The highest BCUT2D eigenvalue weighted by Crippen LogP contribution is 2.20. The van der Waals surface area contributed by atoms with E-state index in [1.54, 1.807) is 30.3 Å². The van der Waals surface area contributed by atoms with E-state index >= 15 is 0 Å². The predicted molar refractivity (Wildman–Crippen MR) is 68.6 cm³/mol. The van der Waals surface area contributed by atoms with Crippen LogP contribution in [-0.2, 0) is 0 Å². The van der Waals surface area contributed by atoms with Crippen molar-refractivity contribution in [3.8, 4) is 0 Å². The molecule has 0 saturated carbocycles. The number of ketones is 1. The minimum Gasteiger partial charge on any atom is -0.288 e. The van der Waals surface area contributed by atoms with Crippen LogP contribution in [0.25, 0.3) is 0 Å². The smallest absolute Gasteiger partial charge is 0.196 e. The van der Waals surface area contributed by atoms with Gasteiger partial charge in [-0.25, -0.2) is 0 Å². The maximum absolute atomic E-state index is 12.3. The quantitative estimate of drug-likeness (QED) is 0.757. The van der Waals surface area contributed by atoms with Crippen molar-refractivity contribution in [2.75, 3.05) is 0 Å². The van der Waals surface area contributed by atoms with Crippen LogP contribution in [0.4, 0.5) is 0 Å². The molecule has 1 heterocycles. The van der Waals surface area contributed by atoms with Gasteiger partial charge in [-0.2, -0.15) is 0 Å². The molecule has 1 aromatic heterocycles. The molecule has 17 heavy (non-hydrogen) atoms. The number of carbonyl (C=O) groups is 1. The number of hydrogen-bond acceptors (Lipinski definition) is 2. The minimum absolute atomic E-state index is 0.0828. The number of pyridine rings is 1. The Hall–Kier alpha value is -1.67. The summed E-state index contributed by atoms with van der Waals surface area (Å²) in [5.74, 6) is -0.0828. The van der Waals surface area contributed by atoms with Gasteiger partial charge in [-0.3, -0.25) is 9.78 Å². The lowest BCUT2D eigenvalue weighted by molar-refractivity contribution is 0.103. The van der Waals surface area contributed by atoms with Crippen LogP contribution in [-0.4, -0.2) is 10.8 Å². The molecule has 0 bridgehead atoms. The van der Waals surface area contributed by atoms with E-state index in [4.69, 9.17) is 11.6 Å². The second kappa shape index (κ2) is 4.68. The Kier molecular flexibility index (Phi) is 3.25. The lowest BCUT2D eigenvalue weighted by atomic mass is 10.0. The first-order valence-corrected chi connectivity index (χ1v) is 5.71. The van der Waals surface area contributed by atoms with Gasteiger partial charge >= 0.3 is 0 Å². The van der Waals surface area contributed by atoms with Gasteiger partial charge in [-0.15, -0.1) is 0 Å². The maximum atomic E-state index is 12.3. The van der Waals surface area contributed by atoms with Gasteiger partial charge in [0, 0.05) is 22.5 Å². The monoisotopic (exact) mass is 245 g/mol. The summed E-state index contributed by atoms with van der Waals surface area (Å²) in [6, 6.07) is 10.7. The Bertz CT molecular complexity index is 578. The number of benzene rings is 1. The minimum atomic E-state index is -0.0828. The number of aromatic nitrogens is 1. The summed E-state index contributed by atoms with van der Waals surface area (Å²) < 4.78 is 0. The predicted octanol–water partition coefficient (Wildman–Crippen LogP) is 3.58. The molecule has 0 aliphatic carbocycles. The molecule has 0 N–H and O–H groups in total. The first kappa shape index (κ1) is 11.8. The summed E-state index contributed by atoms with van der Waals surface area (Å²) in [4.78, 5) is 16.6. The van der Waals surface area contributed by atoms with Crippen LogP contribution in [0.5, 0.6) is 0 Å². The average Bonchev–Trinajstić information content (AvgIpc) is 2.29. The van der Waals surface area contributed by atoms with Gasteiger partial charge in [-0.05, 0) is 38.1 Å². The lowest BCUT2D eigenvalue weighted by Gasteiger charge is -2.06. The number of hydrogen-bond donors (Lipinski definition) is 0. The molecule has 0 aliphatic heterocycles. The highest BCUT2D eigenvalue weighted by atomic mass is 35.5. The molecular formula is C14H12ClNO. The van der Waals surface area contributed by atoms with Crippen molar-refractivity contribution < 1.29 is 4.79 Å². The molecule has 2 rings (SSSR count). The molecular weight excluding hydrogens is 234 g/mol. The van der Waals surface area contributed by atoms with Gasteiger partial charge in [0.15, 0.2) is 5.78 Å². The summed E-state index contributed by atoms with van der Waals surface area (Å²) in [7, 11) is 0. The van der Waals surface area contributed by atoms with Gasteiger partial charge in [0.1, 0.15) is 0 Å². The zero-order valence-electron chi connectivity index (χ0n) is 9.70. The molecule has 0 amide bonds. The van der Waals surface area contributed by atoms with E-state index in [-0.39, 0.29) is 5.78 Å². The molecule has 0 aliphatic rings. The van der Waals surface area contributed by atoms with Crippen LogP contribution in [0.3, 0.4) is 0 Å². The number of halogens is 1. The van der Waals surface area contributed by atoms with Crippen LogP contribution in [0.15, 0.2) is 36.4 Å². The highest BCUT2D eigenvalue weighted by Gasteiger charge is 2.14. The fourth-order valence-electron chi connectivity index (χ4n) is 1.72. The van der Waals surface area contributed by atoms with E-state index in [2.05, 4.69) is 4.98 Å². The molecule has 0 unspecified atom stereocenters. The van der Waals surface area contributed by atoms with Crippen molar-refractivity contribution in [1.82, 2.24) is 4.98 Å². The molecule has 86 valence electrons. The van der Waals surface area contributed by atoms with Crippen molar-refractivity contribution >= 4 is 17.4 Å². The van der Waals surface area contributed by atoms with Crippen LogP contribution in [0.1, 0.15) is 27.3 Å². The molecule has 2 nitrogen and oxygen atoms in total. The molecule has 0 spiro atoms. The third-order valence-electron chi connectivity index (χ3n) is 2.59. The van der Waals surface area contributed by atoms with E-state index in [9.17, 15) is 4.79 Å². The fourth-order valence-corrected chi connectivity index (χ4v) is 1.94. The molecule has 0 radical (unpaired) electrons. The van der Waals surface area contributed by atoms with Gasteiger partial charge in [-0.1, -0.05) is 23.7 Å². The summed E-state index contributed by atoms with van der Waals surface area (Å²) in [5.41, 5.74) is 2.75. The first-order valence-electron chi connectivity index (χ1n) is 5.33. The van der Waals surface area contributed by atoms with Crippen LogP contribution in [0.2, 0.25) is 5.02 Å². The SMILES string of the molecule is Cc1ccc(C(=O)c2ccccc2Cl)c(C)n1. The second-order valence-electron chi connectivity index (χ2n) is 3.89. The standard InChI is InChI=1S/C14H12ClNO/c1-9-7-8-11(10(2)16-9)14(17)12-5-3-4-6-13(12)15/h3-8H,1-2H3. The molecule has 1 aromatic carbocycles. The third kappa shape index (κ3) is 2.37. The third-order valence-corrected chi connectivity index (χ3v) is 2.92. The number of rotatable bonds is 2. The van der Waals surface area contributed by atoms with Gasteiger partial charge in [0.25, 0.3) is 0 Å². The van der Waals surface area contributed by atoms with E-state index in [0.717, 1.165) is 11.4 Å². The van der Waals surface area contributed by atoms with Crippen LogP contribution < -0.4 is 0 Å². The highest BCUT2D eigenvalue weighted by molar-refractivity contribution is 6.35. The van der Waals surface area contributed by atoms with E-state index in [1.165, 1.54) is 0 Å². The summed E-state index contributed by atoms with van der Waals surface area (Å²) >= 11 is 6.01. The van der Waals surface area contributed by atoms with Crippen molar-refractivity contribution in [3.05, 3.63) is 63.9 Å². The van der Waals surface area contributed by atoms with Crippen LogP contribution in [0, 0.1) is 13.8 Å². The molecule has 3 heteroatoms.